The van der Waals surface area contributed by atoms with Crippen molar-refractivity contribution in [2.75, 3.05) is 6.54 Å². The SMILES string of the molecule is Cc1nc(CC(CN)NC(=O)OC(C)(C)C)cs1. The van der Waals surface area contributed by atoms with Gasteiger partial charge in [0, 0.05) is 24.4 Å². The lowest BCUT2D eigenvalue weighted by molar-refractivity contribution is 0.0506. The van der Waals surface area contributed by atoms with E-state index in [4.69, 9.17) is 10.5 Å². The number of aromatic nitrogens is 1. The number of ether oxygens (including phenoxy) is 1. The molecule has 0 bridgehead atoms. The first-order valence-corrected chi connectivity index (χ1v) is 6.78. The van der Waals surface area contributed by atoms with Gasteiger partial charge < -0.3 is 15.8 Å². The van der Waals surface area contributed by atoms with Crippen LogP contribution in [0.25, 0.3) is 0 Å². The van der Waals surface area contributed by atoms with E-state index in [1.807, 2.05) is 33.1 Å². The van der Waals surface area contributed by atoms with Crippen LogP contribution in [0.5, 0.6) is 0 Å². The van der Waals surface area contributed by atoms with Crippen molar-refractivity contribution in [2.24, 2.45) is 5.73 Å². The van der Waals surface area contributed by atoms with Crippen molar-refractivity contribution < 1.29 is 9.53 Å². The van der Waals surface area contributed by atoms with E-state index in [0.717, 1.165) is 10.7 Å². The van der Waals surface area contributed by atoms with Crippen LogP contribution in [0.3, 0.4) is 0 Å². The minimum absolute atomic E-state index is 0.152. The van der Waals surface area contributed by atoms with Gasteiger partial charge in [0.15, 0.2) is 0 Å². The highest BCUT2D eigenvalue weighted by Gasteiger charge is 2.19. The van der Waals surface area contributed by atoms with Crippen LogP contribution >= 0.6 is 11.3 Å². The van der Waals surface area contributed by atoms with Gasteiger partial charge in [-0.1, -0.05) is 0 Å². The fourth-order valence-electron chi connectivity index (χ4n) is 1.42. The highest BCUT2D eigenvalue weighted by molar-refractivity contribution is 7.09. The minimum Gasteiger partial charge on any atom is -0.444 e. The van der Waals surface area contributed by atoms with Crippen LogP contribution in [-0.4, -0.2) is 29.3 Å². The summed E-state index contributed by atoms with van der Waals surface area (Å²) in [6, 6.07) is -0.152. The molecule has 0 saturated heterocycles. The molecule has 6 heteroatoms. The van der Waals surface area contributed by atoms with Crippen LogP contribution < -0.4 is 11.1 Å². The molecule has 1 aromatic rings. The van der Waals surface area contributed by atoms with Gasteiger partial charge in [-0.3, -0.25) is 0 Å². The Morgan fingerprint density at radius 2 is 2.28 bits per heavy atom. The van der Waals surface area contributed by atoms with E-state index in [1.165, 1.54) is 0 Å². The molecule has 5 nitrogen and oxygen atoms in total. The van der Waals surface area contributed by atoms with Crippen molar-refractivity contribution in [1.29, 1.82) is 0 Å². The molecule has 1 unspecified atom stereocenters. The van der Waals surface area contributed by atoms with Crippen molar-refractivity contribution in [1.82, 2.24) is 10.3 Å². The van der Waals surface area contributed by atoms with E-state index in [9.17, 15) is 4.79 Å². The number of carbonyl (C=O) groups is 1. The Bertz CT molecular complexity index is 398. The summed E-state index contributed by atoms with van der Waals surface area (Å²) in [6.45, 7) is 7.79. The van der Waals surface area contributed by atoms with E-state index in [-0.39, 0.29) is 6.04 Å². The van der Waals surface area contributed by atoms with Gasteiger partial charge in [0.25, 0.3) is 0 Å². The van der Waals surface area contributed by atoms with Gasteiger partial charge in [0.2, 0.25) is 0 Å². The highest BCUT2D eigenvalue weighted by atomic mass is 32.1. The van der Waals surface area contributed by atoms with Gasteiger partial charge >= 0.3 is 6.09 Å². The predicted octanol–water partition coefficient (Wildman–Crippen LogP) is 1.85. The Labute approximate surface area is 112 Å². The molecule has 0 aromatic carbocycles. The van der Waals surface area contributed by atoms with Crippen LogP contribution in [0.15, 0.2) is 5.38 Å². The molecule has 3 N–H and O–H groups in total. The number of thiazole rings is 1. The third-order valence-corrected chi connectivity index (χ3v) is 2.95. The average molecular weight is 271 g/mol. The molecule has 0 spiro atoms. The fourth-order valence-corrected chi connectivity index (χ4v) is 2.05. The van der Waals surface area contributed by atoms with Crippen LogP contribution in [0.2, 0.25) is 0 Å². The maximum absolute atomic E-state index is 11.6. The van der Waals surface area contributed by atoms with Crippen LogP contribution in [0.1, 0.15) is 31.5 Å². The van der Waals surface area contributed by atoms with Gasteiger partial charge in [-0.05, 0) is 27.7 Å². The molecule has 102 valence electrons. The Balaban J connectivity index is 2.49. The summed E-state index contributed by atoms with van der Waals surface area (Å²) in [5, 5.41) is 5.75. The second-order valence-corrected chi connectivity index (χ2v) is 6.20. The predicted molar refractivity (Wildman–Crippen MR) is 72.8 cm³/mol. The molecule has 0 saturated carbocycles. The van der Waals surface area contributed by atoms with Gasteiger partial charge in [0.05, 0.1) is 10.7 Å². The number of hydrogen-bond acceptors (Lipinski definition) is 5. The Morgan fingerprint density at radius 3 is 2.72 bits per heavy atom. The number of nitrogens with zero attached hydrogens (tertiary/aromatic N) is 1. The highest BCUT2D eigenvalue weighted by Crippen LogP contribution is 2.11. The first kappa shape index (κ1) is 14.9. The molecule has 1 atom stereocenters. The van der Waals surface area contributed by atoms with Crippen molar-refractivity contribution in [3.63, 3.8) is 0 Å². The van der Waals surface area contributed by atoms with Gasteiger partial charge in [0.1, 0.15) is 5.60 Å². The number of carbonyl (C=O) groups excluding carboxylic acids is 1. The van der Waals surface area contributed by atoms with Crippen LogP contribution in [0, 0.1) is 6.92 Å². The molecule has 0 aliphatic carbocycles. The van der Waals surface area contributed by atoms with Gasteiger partial charge in [-0.15, -0.1) is 11.3 Å². The summed E-state index contributed by atoms with van der Waals surface area (Å²) in [5.41, 5.74) is 6.09. The average Bonchev–Trinajstić information content (AvgIpc) is 2.60. The fraction of sp³-hybridized carbons (Fsp3) is 0.667. The summed E-state index contributed by atoms with van der Waals surface area (Å²) in [6.07, 6.45) is 0.185. The molecular weight excluding hydrogens is 250 g/mol. The summed E-state index contributed by atoms with van der Waals surface area (Å²) in [5.74, 6) is 0. The Morgan fingerprint density at radius 1 is 1.61 bits per heavy atom. The van der Waals surface area contributed by atoms with E-state index in [2.05, 4.69) is 10.3 Å². The first-order valence-electron chi connectivity index (χ1n) is 5.91. The van der Waals surface area contributed by atoms with Gasteiger partial charge in [-0.25, -0.2) is 9.78 Å². The summed E-state index contributed by atoms with van der Waals surface area (Å²) in [7, 11) is 0. The monoisotopic (exact) mass is 271 g/mol. The van der Waals surface area contributed by atoms with Crippen molar-refractivity contribution in [3.05, 3.63) is 16.1 Å². The molecule has 1 heterocycles. The molecule has 0 aliphatic heterocycles. The molecule has 0 fully saturated rings. The molecule has 1 rings (SSSR count). The summed E-state index contributed by atoms with van der Waals surface area (Å²) in [4.78, 5) is 16.0. The van der Waals surface area contributed by atoms with Crippen LogP contribution in [0.4, 0.5) is 4.79 Å². The number of nitrogens with two attached hydrogens (primary N) is 1. The van der Waals surface area contributed by atoms with Gasteiger partial charge in [-0.2, -0.15) is 0 Å². The first-order chi connectivity index (χ1) is 8.30. The molecule has 1 aromatic heterocycles. The smallest absolute Gasteiger partial charge is 0.407 e. The molecule has 0 aliphatic rings. The normalized spacial score (nSPS) is 13.2. The maximum atomic E-state index is 11.6. The lowest BCUT2D eigenvalue weighted by atomic mass is 10.1. The van der Waals surface area contributed by atoms with E-state index >= 15 is 0 Å². The number of rotatable bonds is 4. The number of amides is 1. The molecule has 0 radical (unpaired) electrons. The van der Waals surface area contributed by atoms with E-state index in [0.29, 0.717) is 13.0 Å². The number of hydrogen-bond donors (Lipinski definition) is 2. The number of alkyl carbamates (subject to hydrolysis) is 1. The van der Waals surface area contributed by atoms with Crippen molar-refractivity contribution in [2.45, 2.75) is 45.8 Å². The van der Waals surface area contributed by atoms with Crippen LogP contribution in [-0.2, 0) is 11.2 Å². The zero-order chi connectivity index (χ0) is 13.8. The number of nitrogens with one attached hydrogen (secondary N) is 1. The lowest BCUT2D eigenvalue weighted by Crippen LogP contribution is -2.44. The van der Waals surface area contributed by atoms with E-state index < -0.39 is 11.7 Å². The lowest BCUT2D eigenvalue weighted by Gasteiger charge is -2.22. The molecule has 18 heavy (non-hydrogen) atoms. The Kier molecular flexibility index (Phi) is 5.10. The minimum atomic E-state index is -0.500. The quantitative estimate of drug-likeness (QED) is 0.876. The van der Waals surface area contributed by atoms with Crippen molar-refractivity contribution >= 4 is 17.4 Å². The zero-order valence-corrected chi connectivity index (χ0v) is 12.1. The largest absolute Gasteiger partial charge is 0.444 e. The molecular formula is C12H21N3O2S. The third kappa shape index (κ3) is 5.46. The second-order valence-electron chi connectivity index (χ2n) is 5.14. The molecule has 1 amide bonds. The second kappa shape index (κ2) is 6.15. The zero-order valence-electron chi connectivity index (χ0n) is 11.3. The summed E-state index contributed by atoms with van der Waals surface area (Å²) >= 11 is 1.59. The maximum Gasteiger partial charge on any atom is 0.407 e. The topological polar surface area (TPSA) is 77.2 Å². The Hall–Kier alpha value is -1.14. The summed E-state index contributed by atoms with van der Waals surface area (Å²) < 4.78 is 5.19. The third-order valence-electron chi connectivity index (χ3n) is 2.13. The van der Waals surface area contributed by atoms with Crippen molar-refractivity contribution in [3.8, 4) is 0 Å². The standard InChI is InChI=1S/C12H21N3O2S/c1-8-14-10(7-18-8)5-9(6-13)15-11(16)17-12(2,3)4/h7,9H,5-6,13H2,1-4H3,(H,15,16). The van der Waals surface area contributed by atoms with E-state index in [1.54, 1.807) is 11.3 Å². The number of aryl methyl sites for hydroxylation is 1.